The Morgan fingerprint density at radius 1 is 1.24 bits per heavy atom. The van der Waals surface area contributed by atoms with Crippen LogP contribution in [0.25, 0.3) is 11.2 Å². The van der Waals surface area contributed by atoms with Crippen molar-refractivity contribution < 1.29 is 32.3 Å². The molecule has 1 aliphatic rings. The first kappa shape index (κ1) is 22.8. The average molecular weight is 479 g/mol. The number of aromatic nitrogens is 4. The molecule has 1 fully saturated rings. The summed E-state index contributed by atoms with van der Waals surface area (Å²) in [5, 5.41) is 20.7. The Morgan fingerprint density at radius 3 is 2.73 bits per heavy atom. The molecule has 7 N–H and O–H groups in total. The van der Waals surface area contributed by atoms with E-state index in [0.717, 1.165) is 5.56 Å². The third kappa shape index (κ3) is 4.44. The SMILES string of the molecule is Cc1ccc(C(=O)NS(=O)(=O)OC[C@H]2O[C@@H](n3cnc4c(N)ncnc43)[C@H](O)[C@@H]2O)c(N)c1. The zero-order valence-corrected chi connectivity index (χ0v) is 18.0. The molecule has 15 heteroatoms. The number of nitrogens with two attached hydrogens (primary N) is 2. The second kappa shape index (κ2) is 8.53. The topological polar surface area (TPSA) is 218 Å². The maximum atomic E-state index is 12.3. The zero-order chi connectivity index (χ0) is 23.9. The Morgan fingerprint density at radius 2 is 2.00 bits per heavy atom. The van der Waals surface area contributed by atoms with Crippen molar-refractivity contribution in [3.8, 4) is 0 Å². The van der Waals surface area contributed by atoms with Crippen LogP contribution in [0.5, 0.6) is 0 Å². The van der Waals surface area contributed by atoms with E-state index in [-0.39, 0.29) is 28.2 Å². The standard InChI is InChI=1S/C18H21N7O7S/c1-8-2-3-9(10(19)4-8)17(28)24-33(29,30)31-5-11-13(26)14(27)18(32-11)25-7-23-12-15(20)21-6-22-16(12)25/h2-4,6-7,11,13-14,18,26-27H,5,19H2,1H3,(H,24,28)(H2,20,21,22)/t11-,13-,14-,18-/m1/s1. The van der Waals surface area contributed by atoms with Crippen LogP contribution in [0.4, 0.5) is 11.5 Å². The number of carbonyl (C=O) groups is 1. The average Bonchev–Trinajstić information content (AvgIpc) is 3.29. The van der Waals surface area contributed by atoms with Crippen LogP contribution in [0, 0.1) is 6.92 Å². The van der Waals surface area contributed by atoms with Gasteiger partial charge in [0.05, 0.1) is 18.5 Å². The number of aryl methyl sites for hydroxylation is 1. The number of benzene rings is 1. The molecule has 0 bridgehead atoms. The number of nitrogen functional groups attached to an aromatic ring is 2. The van der Waals surface area contributed by atoms with E-state index in [0.29, 0.717) is 0 Å². The number of anilines is 2. The summed E-state index contributed by atoms with van der Waals surface area (Å²) in [6.07, 6.45) is -2.88. The lowest BCUT2D eigenvalue weighted by atomic mass is 10.1. The number of rotatable bonds is 6. The highest BCUT2D eigenvalue weighted by atomic mass is 32.2. The van der Waals surface area contributed by atoms with Gasteiger partial charge in [-0.05, 0) is 24.6 Å². The van der Waals surface area contributed by atoms with E-state index in [4.69, 9.17) is 20.4 Å². The highest BCUT2D eigenvalue weighted by Gasteiger charge is 2.45. The normalized spacial score (nSPS) is 23.1. The van der Waals surface area contributed by atoms with E-state index in [1.165, 1.54) is 29.4 Å². The van der Waals surface area contributed by atoms with Crippen molar-refractivity contribution >= 4 is 38.9 Å². The number of aliphatic hydroxyl groups excluding tert-OH is 2. The van der Waals surface area contributed by atoms with E-state index < -0.39 is 47.4 Å². The minimum absolute atomic E-state index is 0.0475. The van der Waals surface area contributed by atoms with Gasteiger partial charge < -0.3 is 26.4 Å². The lowest BCUT2D eigenvalue weighted by molar-refractivity contribution is -0.0468. The molecule has 176 valence electrons. The van der Waals surface area contributed by atoms with Crippen LogP contribution in [-0.2, 0) is 19.2 Å². The second-order valence-corrected chi connectivity index (χ2v) is 8.74. The minimum Gasteiger partial charge on any atom is -0.398 e. The van der Waals surface area contributed by atoms with Crippen LogP contribution in [-0.4, -0.2) is 69.0 Å². The predicted octanol–water partition coefficient (Wildman–Crippen LogP) is -1.39. The number of ether oxygens (including phenoxy) is 1. The summed E-state index contributed by atoms with van der Waals surface area (Å²) in [6.45, 7) is 1.07. The second-order valence-electron chi connectivity index (χ2n) is 7.39. The molecule has 4 atom stereocenters. The lowest BCUT2D eigenvalue weighted by Gasteiger charge is -2.16. The number of amides is 1. The van der Waals surface area contributed by atoms with Gasteiger partial charge in [0, 0.05) is 5.69 Å². The van der Waals surface area contributed by atoms with Gasteiger partial charge in [-0.3, -0.25) is 13.5 Å². The van der Waals surface area contributed by atoms with Gasteiger partial charge in [-0.1, -0.05) is 6.07 Å². The van der Waals surface area contributed by atoms with Gasteiger partial charge in [-0.15, -0.1) is 0 Å². The van der Waals surface area contributed by atoms with E-state index in [1.807, 2.05) is 0 Å². The Balaban J connectivity index is 1.43. The molecule has 1 saturated heterocycles. The molecule has 33 heavy (non-hydrogen) atoms. The molecule has 14 nitrogen and oxygen atoms in total. The fourth-order valence-electron chi connectivity index (χ4n) is 3.40. The van der Waals surface area contributed by atoms with E-state index in [1.54, 1.807) is 17.7 Å². The Hall–Kier alpha value is -3.37. The van der Waals surface area contributed by atoms with Gasteiger partial charge in [0.25, 0.3) is 5.91 Å². The molecule has 3 heterocycles. The van der Waals surface area contributed by atoms with E-state index >= 15 is 0 Å². The highest BCUT2D eigenvalue weighted by molar-refractivity contribution is 7.85. The Labute approximate surface area is 187 Å². The Kier molecular flexibility index (Phi) is 5.89. The minimum atomic E-state index is -4.58. The largest absolute Gasteiger partial charge is 0.398 e. The third-order valence-corrected chi connectivity index (χ3v) is 5.94. The summed E-state index contributed by atoms with van der Waals surface area (Å²) >= 11 is 0. The zero-order valence-electron chi connectivity index (χ0n) is 17.2. The first-order valence-corrected chi connectivity index (χ1v) is 11.0. The fourth-order valence-corrected chi connectivity index (χ4v) is 4.11. The third-order valence-electron chi connectivity index (χ3n) is 5.06. The maximum absolute atomic E-state index is 12.3. The number of nitrogens with one attached hydrogen (secondary N) is 1. The summed E-state index contributed by atoms with van der Waals surface area (Å²) < 4.78 is 37.9. The lowest BCUT2D eigenvalue weighted by Crippen LogP contribution is -2.38. The van der Waals surface area contributed by atoms with Crippen LogP contribution in [0.3, 0.4) is 0 Å². The van der Waals surface area contributed by atoms with Crippen LogP contribution in [0.15, 0.2) is 30.9 Å². The molecule has 1 aromatic carbocycles. The number of aliphatic hydroxyl groups is 2. The molecule has 4 rings (SSSR count). The summed E-state index contributed by atoms with van der Waals surface area (Å²) in [5.74, 6) is -0.872. The molecule has 2 aromatic heterocycles. The van der Waals surface area contributed by atoms with Gasteiger partial charge in [0.15, 0.2) is 17.7 Å². The molecule has 1 amide bonds. The number of hydrogen-bond donors (Lipinski definition) is 5. The van der Waals surface area contributed by atoms with Crippen LogP contribution in [0.2, 0.25) is 0 Å². The van der Waals surface area contributed by atoms with Crippen molar-refractivity contribution in [2.24, 2.45) is 0 Å². The quantitative estimate of drug-likeness (QED) is 0.258. The number of fused-ring (bicyclic) bond motifs is 1. The van der Waals surface area contributed by atoms with Crippen molar-refractivity contribution in [3.63, 3.8) is 0 Å². The summed E-state index contributed by atoms with van der Waals surface area (Å²) in [6, 6.07) is 4.50. The molecule has 1 aliphatic heterocycles. The molecule has 3 aromatic rings. The fraction of sp³-hybridized carbons (Fsp3) is 0.333. The first-order chi connectivity index (χ1) is 15.6. The summed E-state index contributed by atoms with van der Waals surface area (Å²) in [5.41, 5.74) is 12.9. The number of imidazole rings is 1. The molecule has 0 aliphatic carbocycles. The monoisotopic (exact) mass is 479 g/mol. The van der Waals surface area contributed by atoms with Crippen molar-refractivity contribution in [2.75, 3.05) is 18.1 Å². The van der Waals surface area contributed by atoms with E-state index in [2.05, 4.69) is 15.0 Å². The maximum Gasteiger partial charge on any atom is 0.362 e. The smallest absolute Gasteiger partial charge is 0.362 e. The van der Waals surface area contributed by atoms with Crippen LogP contribution >= 0.6 is 0 Å². The molecular formula is C18H21N7O7S. The Bertz CT molecular complexity index is 1310. The van der Waals surface area contributed by atoms with Gasteiger partial charge >= 0.3 is 10.3 Å². The summed E-state index contributed by atoms with van der Waals surface area (Å²) in [4.78, 5) is 24.2. The highest BCUT2D eigenvalue weighted by Crippen LogP contribution is 2.32. The molecular weight excluding hydrogens is 458 g/mol. The van der Waals surface area contributed by atoms with Gasteiger partial charge in [-0.2, -0.15) is 8.42 Å². The molecule has 0 spiro atoms. The van der Waals surface area contributed by atoms with Crippen molar-refractivity contribution in [3.05, 3.63) is 42.0 Å². The van der Waals surface area contributed by atoms with Crippen molar-refractivity contribution in [1.29, 1.82) is 0 Å². The van der Waals surface area contributed by atoms with Crippen LogP contribution in [0.1, 0.15) is 22.1 Å². The van der Waals surface area contributed by atoms with Crippen LogP contribution < -0.4 is 16.2 Å². The molecule has 0 unspecified atom stereocenters. The van der Waals surface area contributed by atoms with Crippen molar-refractivity contribution in [1.82, 2.24) is 24.2 Å². The van der Waals surface area contributed by atoms with Gasteiger partial charge in [0.1, 0.15) is 30.2 Å². The number of carbonyl (C=O) groups excluding carboxylic acids is 1. The van der Waals surface area contributed by atoms with Crippen molar-refractivity contribution in [2.45, 2.75) is 31.5 Å². The van der Waals surface area contributed by atoms with Gasteiger partial charge in [-0.25, -0.2) is 19.7 Å². The predicted molar refractivity (Wildman–Crippen MR) is 114 cm³/mol. The first-order valence-electron chi connectivity index (χ1n) is 9.59. The van der Waals surface area contributed by atoms with E-state index in [9.17, 15) is 23.4 Å². The number of hydrogen-bond acceptors (Lipinski definition) is 12. The van der Waals surface area contributed by atoms with Gasteiger partial charge in [0.2, 0.25) is 0 Å². The number of nitrogens with zero attached hydrogens (tertiary/aromatic N) is 4. The molecule has 0 radical (unpaired) electrons. The molecule has 0 saturated carbocycles. The summed E-state index contributed by atoms with van der Waals surface area (Å²) in [7, 11) is -4.58.